The summed E-state index contributed by atoms with van der Waals surface area (Å²) in [4.78, 5) is 25.4. The van der Waals surface area contributed by atoms with Crippen LogP contribution in [0.3, 0.4) is 0 Å². The Bertz CT molecular complexity index is 1810. The van der Waals surface area contributed by atoms with E-state index >= 15 is 4.39 Å². The average Bonchev–Trinajstić information content (AvgIpc) is 3.17. The van der Waals surface area contributed by atoms with Crippen LogP contribution in [0.2, 0.25) is 0 Å². The number of esters is 2. The third-order valence-corrected chi connectivity index (χ3v) is 10.1. The van der Waals surface area contributed by atoms with Crippen molar-refractivity contribution in [3.05, 3.63) is 107 Å². The molecule has 7 heteroatoms. The van der Waals surface area contributed by atoms with Gasteiger partial charge in [0.1, 0.15) is 5.82 Å². The van der Waals surface area contributed by atoms with E-state index in [-0.39, 0.29) is 44.1 Å². The Balaban J connectivity index is 1.44. The number of carbonyl (C=O) groups is 2. The molecule has 6 nitrogen and oxygen atoms in total. The van der Waals surface area contributed by atoms with Gasteiger partial charge in [-0.2, -0.15) is 0 Å². The zero-order valence-corrected chi connectivity index (χ0v) is 33.3. The Hall–Kier alpha value is -4.33. The molecule has 4 rings (SSSR count). The topological polar surface area (TPSA) is 82.1 Å². The molecule has 0 aliphatic rings. The highest BCUT2D eigenvalue weighted by atomic mass is 19.1. The smallest absolute Gasteiger partial charge is 0.313 e. The predicted molar refractivity (Wildman–Crippen MR) is 216 cm³/mol. The second kappa shape index (κ2) is 19.8. The lowest BCUT2D eigenvalue weighted by Gasteiger charge is -2.25. The number of aryl methyl sites for hydroxylation is 3. The molecule has 0 amide bonds. The lowest BCUT2D eigenvalue weighted by molar-refractivity contribution is -0.162. The molecule has 1 atom stereocenters. The Morgan fingerprint density at radius 3 is 1.81 bits per heavy atom. The fourth-order valence-corrected chi connectivity index (χ4v) is 6.43. The van der Waals surface area contributed by atoms with Crippen LogP contribution < -0.4 is 0 Å². The molecular weight excluding hydrogens is 680 g/mol. The normalized spacial score (nSPS) is 12.4. The highest BCUT2D eigenvalue weighted by Gasteiger charge is 2.32. The molecular formula is C47H59FO6. The van der Waals surface area contributed by atoms with E-state index in [1.807, 2.05) is 36.4 Å². The summed E-state index contributed by atoms with van der Waals surface area (Å²) >= 11 is 0. The van der Waals surface area contributed by atoms with E-state index in [9.17, 15) is 14.7 Å². The molecule has 0 saturated heterocycles. The van der Waals surface area contributed by atoms with E-state index in [1.54, 1.807) is 40.9 Å². The van der Waals surface area contributed by atoms with Crippen molar-refractivity contribution in [1.82, 2.24) is 0 Å². The average molecular weight is 739 g/mol. The minimum Gasteiger partial charge on any atom is -0.465 e. The van der Waals surface area contributed by atoms with E-state index in [2.05, 4.69) is 56.3 Å². The van der Waals surface area contributed by atoms with Crippen molar-refractivity contribution in [2.45, 2.75) is 86.5 Å². The van der Waals surface area contributed by atoms with Crippen LogP contribution in [0.15, 0.2) is 84.9 Å². The quantitative estimate of drug-likeness (QED) is 0.0718. The molecule has 0 radical (unpaired) electrons. The summed E-state index contributed by atoms with van der Waals surface area (Å²) in [6, 6.07) is 28.4. The number of aliphatic hydroxyl groups excluding tert-OH is 1. The van der Waals surface area contributed by atoms with Crippen LogP contribution in [0.5, 0.6) is 0 Å². The van der Waals surface area contributed by atoms with Gasteiger partial charge in [-0.05, 0) is 110 Å². The summed E-state index contributed by atoms with van der Waals surface area (Å²) in [7, 11) is 1.54. The maximum absolute atomic E-state index is 15.5. The molecule has 0 heterocycles. The first kappa shape index (κ1) is 42.4. The van der Waals surface area contributed by atoms with E-state index in [1.165, 1.54) is 30.4 Å². The van der Waals surface area contributed by atoms with Crippen molar-refractivity contribution in [2.24, 2.45) is 16.7 Å². The van der Waals surface area contributed by atoms with Crippen LogP contribution in [0.1, 0.15) is 83.9 Å². The van der Waals surface area contributed by atoms with Gasteiger partial charge in [-0.15, -0.1) is 0 Å². The largest absolute Gasteiger partial charge is 0.465 e. The van der Waals surface area contributed by atoms with Crippen molar-refractivity contribution in [3.8, 4) is 33.4 Å². The minimum absolute atomic E-state index is 0.0704. The number of hydrogen-bond donors (Lipinski definition) is 1. The number of benzene rings is 4. The highest BCUT2D eigenvalue weighted by molar-refractivity contribution is 5.77. The molecule has 1 unspecified atom stereocenters. The van der Waals surface area contributed by atoms with Crippen molar-refractivity contribution in [2.75, 3.05) is 33.5 Å². The molecule has 0 fully saturated rings. The number of ether oxygens (including phenoxy) is 3. The van der Waals surface area contributed by atoms with Gasteiger partial charge in [0.05, 0.1) is 37.3 Å². The van der Waals surface area contributed by atoms with Gasteiger partial charge in [-0.1, -0.05) is 106 Å². The van der Waals surface area contributed by atoms with Crippen molar-refractivity contribution >= 4 is 11.9 Å². The lowest BCUT2D eigenvalue weighted by atomic mass is 9.92. The van der Waals surface area contributed by atoms with Gasteiger partial charge in [0.2, 0.25) is 0 Å². The first-order valence-electron chi connectivity index (χ1n) is 19.4. The molecule has 0 aromatic heterocycles. The third kappa shape index (κ3) is 11.6. The van der Waals surface area contributed by atoms with Crippen LogP contribution in [-0.2, 0) is 43.1 Å². The zero-order valence-electron chi connectivity index (χ0n) is 33.3. The summed E-state index contributed by atoms with van der Waals surface area (Å²) in [5.74, 6) is -1.36. The monoisotopic (exact) mass is 738 g/mol. The van der Waals surface area contributed by atoms with E-state index < -0.39 is 16.8 Å². The number of rotatable bonds is 20. The van der Waals surface area contributed by atoms with Crippen molar-refractivity contribution < 1.29 is 33.3 Å². The fraction of sp³-hybridized carbons (Fsp3) is 0.447. The number of aliphatic hydroxyl groups is 1. The lowest BCUT2D eigenvalue weighted by Crippen LogP contribution is -2.34. The predicted octanol–water partition coefficient (Wildman–Crippen LogP) is 10.4. The molecule has 0 aliphatic carbocycles. The zero-order chi connectivity index (χ0) is 39.3. The van der Waals surface area contributed by atoms with Gasteiger partial charge < -0.3 is 19.3 Å². The van der Waals surface area contributed by atoms with Crippen LogP contribution in [-0.4, -0.2) is 50.6 Å². The number of hydrogen-bond acceptors (Lipinski definition) is 6. The van der Waals surface area contributed by atoms with Crippen LogP contribution in [0.25, 0.3) is 33.4 Å². The highest BCUT2D eigenvalue weighted by Crippen LogP contribution is 2.32. The number of halogens is 1. The minimum atomic E-state index is -1.02. The van der Waals surface area contributed by atoms with E-state index in [0.29, 0.717) is 18.4 Å². The first-order valence-corrected chi connectivity index (χ1v) is 19.4. The van der Waals surface area contributed by atoms with Crippen molar-refractivity contribution in [1.29, 1.82) is 0 Å². The van der Waals surface area contributed by atoms with Gasteiger partial charge in [0.15, 0.2) is 0 Å². The summed E-state index contributed by atoms with van der Waals surface area (Å²) in [5.41, 5.74) is 7.24. The number of unbranched alkanes of at least 4 members (excludes halogenated alkanes) is 2. The molecule has 4 aromatic rings. The van der Waals surface area contributed by atoms with Crippen LogP contribution in [0.4, 0.5) is 4.39 Å². The SMILES string of the molecule is CCCCCc1ccc(-c2ccc(-c3ccc(-c4ccc(CCC(COC(=O)C(C)(C)CO)COC(=O)C(C)(C)COC)cc4CC)cc3)c(F)c2)cc1. The summed E-state index contributed by atoms with van der Waals surface area (Å²) in [6.45, 7) is 11.2. The summed E-state index contributed by atoms with van der Waals surface area (Å²) in [5, 5.41) is 9.61. The van der Waals surface area contributed by atoms with Gasteiger partial charge in [-0.3, -0.25) is 9.59 Å². The fourth-order valence-electron chi connectivity index (χ4n) is 6.43. The Morgan fingerprint density at radius 2 is 1.24 bits per heavy atom. The van der Waals surface area contributed by atoms with Gasteiger partial charge in [0.25, 0.3) is 0 Å². The van der Waals surface area contributed by atoms with Gasteiger partial charge in [-0.25, -0.2) is 4.39 Å². The second-order valence-electron chi connectivity index (χ2n) is 15.7. The Morgan fingerprint density at radius 1 is 0.685 bits per heavy atom. The van der Waals surface area contributed by atoms with E-state index in [0.717, 1.165) is 46.2 Å². The molecule has 1 N–H and O–H groups in total. The maximum Gasteiger partial charge on any atom is 0.313 e. The second-order valence-corrected chi connectivity index (χ2v) is 15.7. The van der Waals surface area contributed by atoms with Crippen molar-refractivity contribution in [3.63, 3.8) is 0 Å². The summed E-state index contributed by atoms with van der Waals surface area (Å²) < 4.78 is 31.9. The maximum atomic E-state index is 15.5. The molecule has 4 aromatic carbocycles. The summed E-state index contributed by atoms with van der Waals surface area (Å²) in [6.07, 6.45) is 6.83. The Labute approximate surface area is 322 Å². The van der Waals surface area contributed by atoms with Gasteiger partial charge in [0, 0.05) is 18.6 Å². The molecule has 0 aliphatic heterocycles. The number of methoxy groups -OCH3 is 1. The Kier molecular flexibility index (Phi) is 15.6. The number of carbonyl (C=O) groups excluding carboxylic acids is 2. The first-order chi connectivity index (χ1) is 25.8. The van der Waals surface area contributed by atoms with Crippen LogP contribution in [0, 0.1) is 22.6 Å². The third-order valence-electron chi connectivity index (χ3n) is 10.1. The molecule has 0 spiro atoms. The molecule has 290 valence electrons. The van der Waals surface area contributed by atoms with Gasteiger partial charge >= 0.3 is 11.9 Å². The molecule has 0 bridgehead atoms. The molecule has 0 saturated carbocycles. The molecule has 54 heavy (non-hydrogen) atoms. The van der Waals surface area contributed by atoms with E-state index in [4.69, 9.17) is 14.2 Å². The van der Waals surface area contributed by atoms with Crippen LogP contribution >= 0.6 is 0 Å². The standard InChI is InChI=1S/C47H59FO6/c1-8-10-11-12-33-15-18-37(19-16-33)40-24-26-42(43(48)28-40)39-22-20-38(21-23-39)41-25-17-34(27-36(41)9-2)13-14-35(29-53-44(50)46(3,4)31-49)30-54-45(51)47(5,6)32-52-7/h15-28,35,49H,8-14,29-32H2,1-7H3.